The quantitative estimate of drug-likeness (QED) is 0.931. The monoisotopic (exact) mass is 308 g/mol. The van der Waals surface area contributed by atoms with E-state index in [0.29, 0.717) is 12.8 Å². The zero-order chi connectivity index (χ0) is 15.3. The van der Waals surface area contributed by atoms with Gasteiger partial charge in [-0.2, -0.15) is 5.10 Å². The predicted molar refractivity (Wildman–Crippen MR) is 81.9 cm³/mol. The molecule has 1 heterocycles. The average molecular weight is 308 g/mol. The summed E-state index contributed by atoms with van der Waals surface area (Å²) < 4.78 is 25.6. The van der Waals surface area contributed by atoms with E-state index in [0.717, 1.165) is 23.0 Å². The number of para-hydroxylation sites is 1. The molecule has 0 saturated heterocycles. The summed E-state index contributed by atoms with van der Waals surface area (Å²) in [6.07, 6.45) is 3.27. The molecule has 0 aliphatic heterocycles. The number of rotatable bonds is 3. The maximum atomic E-state index is 11.9. The van der Waals surface area contributed by atoms with Gasteiger partial charge in [-0.1, -0.05) is 18.2 Å². The van der Waals surface area contributed by atoms with Crippen LogP contribution in [-0.2, 0) is 23.3 Å². The molecule has 0 amide bonds. The summed E-state index contributed by atoms with van der Waals surface area (Å²) in [5.74, 6) is 0. The highest BCUT2D eigenvalue weighted by atomic mass is 32.2. The lowest BCUT2D eigenvalue weighted by atomic mass is 9.94. The van der Waals surface area contributed by atoms with Crippen LogP contribution in [0.2, 0.25) is 0 Å². The van der Waals surface area contributed by atoms with Crippen molar-refractivity contribution < 1.29 is 13.5 Å². The van der Waals surface area contributed by atoms with Crippen molar-refractivity contribution in [2.75, 3.05) is 6.26 Å². The minimum absolute atomic E-state index is 0.284. The first-order chi connectivity index (χ1) is 9.81. The zero-order valence-corrected chi connectivity index (χ0v) is 13.1. The van der Waals surface area contributed by atoms with Crippen LogP contribution in [0, 0.1) is 0 Å². The van der Waals surface area contributed by atoms with Gasteiger partial charge in [-0.05, 0) is 25.3 Å². The molecular formula is C15H20N2O3S. The Morgan fingerprint density at radius 1 is 1.43 bits per heavy atom. The lowest BCUT2D eigenvalue weighted by molar-refractivity contribution is 0.0505. The van der Waals surface area contributed by atoms with Crippen molar-refractivity contribution in [1.29, 1.82) is 0 Å². The molecule has 2 aromatic rings. The molecule has 3 rings (SSSR count). The van der Waals surface area contributed by atoms with E-state index in [-0.39, 0.29) is 6.42 Å². The van der Waals surface area contributed by atoms with Gasteiger partial charge in [0, 0.05) is 25.1 Å². The molecule has 21 heavy (non-hydrogen) atoms. The number of nitrogens with zero attached hydrogens (tertiary/aromatic N) is 2. The molecule has 6 heteroatoms. The Labute approximate surface area is 124 Å². The Morgan fingerprint density at radius 2 is 2.14 bits per heavy atom. The van der Waals surface area contributed by atoms with Crippen molar-refractivity contribution in [2.45, 2.75) is 36.5 Å². The average Bonchev–Trinajstić information content (AvgIpc) is 2.92. The molecule has 1 aromatic carbocycles. The van der Waals surface area contributed by atoms with Crippen molar-refractivity contribution in [1.82, 2.24) is 9.78 Å². The van der Waals surface area contributed by atoms with Crippen LogP contribution in [0.3, 0.4) is 0 Å². The van der Waals surface area contributed by atoms with E-state index in [9.17, 15) is 13.5 Å². The van der Waals surface area contributed by atoms with Gasteiger partial charge in [0.15, 0.2) is 9.84 Å². The van der Waals surface area contributed by atoms with Gasteiger partial charge in [0.1, 0.15) is 0 Å². The van der Waals surface area contributed by atoms with E-state index in [1.807, 2.05) is 31.3 Å². The first-order valence-electron chi connectivity index (χ1n) is 7.13. The molecule has 1 saturated carbocycles. The van der Waals surface area contributed by atoms with E-state index in [1.165, 1.54) is 6.26 Å². The minimum atomic E-state index is -3.26. The number of benzene rings is 1. The fourth-order valence-electron chi connectivity index (χ4n) is 3.55. The van der Waals surface area contributed by atoms with Crippen molar-refractivity contribution in [3.63, 3.8) is 0 Å². The minimum Gasteiger partial charge on any atom is -0.388 e. The molecule has 0 bridgehead atoms. The molecule has 1 aliphatic carbocycles. The van der Waals surface area contributed by atoms with Gasteiger partial charge >= 0.3 is 0 Å². The maximum absolute atomic E-state index is 11.9. The maximum Gasteiger partial charge on any atom is 0.153 e. The number of fused-ring (bicyclic) bond motifs is 1. The molecule has 0 spiro atoms. The first kappa shape index (κ1) is 14.5. The number of aromatic nitrogens is 2. The van der Waals surface area contributed by atoms with Crippen LogP contribution in [0.1, 0.15) is 25.0 Å². The molecular weight excluding hydrogens is 288 g/mol. The van der Waals surface area contributed by atoms with Crippen LogP contribution in [0.5, 0.6) is 0 Å². The molecule has 0 radical (unpaired) electrons. The fraction of sp³-hybridized carbons (Fsp3) is 0.533. The van der Waals surface area contributed by atoms with Crippen LogP contribution < -0.4 is 0 Å². The van der Waals surface area contributed by atoms with Crippen LogP contribution >= 0.6 is 0 Å². The standard InChI is InChI=1S/C15H20N2O3S/c1-17-13-7-4-3-6-11(13)12(16-17)10-15(18)9-5-8-14(15)21(2,19)20/h3-4,6-7,14,18H,5,8-10H2,1-2H3. The highest BCUT2D eigenvalue weighted by Crippen LogP contribution is 2.38. The van der Waals surface area contributed by atoms with Crippen molar-refractivity contribution >= 4 is 20.7 Å². The largest absolute Gasteiger partial charge is 0.388 e. The second-order valence-electron chi connectivity index (χ2n) is 6.08. The lowest BCUT2D eigenvalue weighted by Gasteiger charge is -2.28. The smallest absolute Gasteiger partial charge is 0.153 e. The number of aryl methyl sites for hydroxylation is 1. The summed E-state index contributed by atoms with van der Waals surface area (Å²) >= 11 is 0. The molecule has 1 aromatic heterocycles. The first-order valence-corrected chi connectivity index (χ1v) is 9.08. The molecule has 2 atom stereocenters. The zero-order valence-electron chi connectivity index (χ0n) is 12.3. The molecule has 1 aliphatic rings. The SMILES string of the molecule is Cn1nc(CC2(O)CCCC2S(C)(=O)=O)c2ccccc21. The summed E-state index contributed by atoms with van der Waals surface area (Å²) in [7, 11) is -1.40. The van der Waals surface area contributed by atoms with Crippen molar-refractivity contribution in [3.05, 3.63) is 30.0 Å². The van der Waals surface area contributed by atoms with Gasteiger partial charge < -0.3 is 5.11 Å². The summed E-state index contributed by atoms with van der Waals surface area (Å²) in [5, 5.41) is 15.6. The van der Waals surface area contributed by atoms with Gasteiger partial charge in [0.05, 0.1) is 22.1 Å². The Kier molecular flexibility index (Phi) is 3.33. The van der Waals surface area contributed by atoms with E-state index in [1.54, 1.807) is 4.68 Å². The Hall–Kier alpha value is -1.40. The normalized spacial score (nSPS) is 26.5. The van der Waals surface area contributed by atoms with Gasteiger partial charge in [-0.3, -0.25) is 4.68 Å². The van der Waals surface area contributed by atoms with E-state index < -0.39 is 20.7 Å². The third-order valence-electron chi connectivity index (χ3n) is 4.50. The van der Waals surface area contributed by atoms with E-state index >= 15 is 0 Å². The van der Waals surface area contributed by atoms with Gasteiger partial charge in [0.25, 0.3) is 0 Å². The molecule has 1 N–H and O–H groups in total. The van der Waals surface area contributed by atoms with Crippen LogP contribution in [0.4, 0.5) is 0 Å². The number of hydrogen-bond acceptors (Lipinski definition) is 4. The van der Waals surface area contributed by atoms with Crippen molar-refractivity contribution in [3.8, 4) is 0 Å². The van der Waals surface area contributed by atoms with E-state index in [4.69, 9.17) is 0 Å². The van der Waals surface area contributed by atoms with Gasteiger partial charge in [-0.15, -0.1) is 0 Å². The second kappa shape index (κ2) is 4.81. The van der Waals surface area contributed by atoms with Gasteiger partial charge in [0.2, 0.25) is 0 Å². The van der Waals surface area contributed by atoms with E-state index in [2.05, 4.69) is 5.10 Å². The van der Waals surface area contributed by atoms with Crippen molar-refractivity contribution in [2.24, 2.45) is 7.05 Å². The number of sulfone groups is 1. The van der Waals surface area contributed by atoms with Crippen LogP contribution in [0.15, 0.2) is 24.3 Å². The summed E-state index contributed by atoms with van der Waals surface area (Å²) in [4.78, 5) is 0. The summed E-state index contributed by atoms with van der Waals surface area (Å²) in [5.41, 5.74) is 0.557. The molecule has 5 nitrogen and oxygen atoms in total. The van der Waals surface area contributed by atoms with Crippen LogP contribution in [0.25, 0.3) is 10.9 Å². The van der Waals surface area contributed by atoms with Gasteiger partial charge in [-0.25, -0.2) is 8.42 Å². The Bertz CT molecular complexity index is 781. The third-order valence-corrected chi connectivity index (χ3v) is 6.21. The predicted octanol–water partition coefficient (Wildman–Crippen LogP) is 1.44. The molecule has 2 unspecified atom stereocenters. The summed E-state index contributed by atoms with van der Waals surface area (Å²) in [6, 6.07) is 7.81. The number of hydrogen-bond donors (Lipinski definition) is 1. The second-order valence-corrected chi connectivity index (χ2v) is 8.31. The third kappa shape index (κ3) is 2.46. The molecule has 114 valence electrons. The Morgan fingerprint density at radius 3 is 2.86 bits per heavy atom. The van der Waals surface area contributed by atoms with Crippen LogP contribution in [-0.4, -0.2) is 40.4 Å². The highest BCUT2D eigenvalue weighted by Gasteiger charge is 2.47. The topological polar surface area (TPSA) is 72.2 Å². The Balaban J connectivity index is 2.02. The summed E-state index contributed by atoms with van der Waals surface area (Å²) in [6.45, 7) is 0. The molecule has 1 fully saturated rings. The highest BCUT2D eigenvalue weighted by molar-refractivity contribution is 7.91. The fourth-order valence-corrected chi connectivity index (χ4v) is 5.14. The lowest BCUT2D eigenvalue weighted by Crippen LogP contribution is -2.44. The number of aliphatic hydroxyl groups is 1.